The number of nitrogens with two attached hydrogens (primary N) is 1. The lowest BCUT2D eigenvalue weighted by Crippen LogP contribution is -2.51. The number of nitrogens with zero attached hydrogens (tertiary/aromatic N) is 3. The maximum absolute atomic E-state index is 7.72. The lowest BCUT2D eigenvalue weighted by atomic mass is 10.1. The molecule has 0 aromatic heterocycles. The molecule has 5 N–H and O–H groups in total. The molecule has 0 bridgehead atoms. The summed E-state index contributed by atoms with van der Waals surface area (Å²) in [6, 6.07) is 5.78. The highest BCUT2D eigenvalue weighted by atomic mass is 15.4. The first-order chi connectivity index (χ1) is 14.6. The second kappa shape index (κ2) is 10.9. The second-order valence-corrected chi connectivity index (χ2v) is 7.86. The molecule has 2 saturated heterocycles. The summed E-state index contributed by atoms with van der Waals surface area (Å²) in [5.74, 6) is 1.03. The number of piperidine rings is 1. The van der Waals surface area contributed by atoms with Gasteiger partial charge in [-0.1, -0.05) is 18.2 Å². The molecule has 2 fully saturated rings. The van der Waals surface area contributed by atoms with Crippen LogP contribution in [0.25, 0.3) is 0 Å². The molecule has 0 spiro atoms. The Balaban J connectivity index is 1.87. The van der Waals surface area contributed by atoms with Crippen LogP contribution in [-0.4, -0.2) is 61.9 Å². The maximum atomic E-state index is 7.72. The number of nitrogen functional groups attached to an aromatic ring is 1. The molecule has 7 heteroatoms. The molecule has 0 atom stereocenters. The largest absolute Gasteiger partial charge is 0.398 e. The fourth-order valence-corrected chi connectivity index (χ4v) is 3.90. The third kappa shape index (κ3) is 5.49. The standard InChI is InChI=1S/C23H35N7/c1-18(22(26-2)10-7-11-29-16-27-17-29)23(30-12-4-3-5-13-30)28-15-19-8-6-9-21(25)20(19)14-24/h6-10,14,24,26-27H,3-5,11-13,15-17,25H2,1-2H3/b10-7+,22-18-,24-14?,28-23+. The van der Waals surface area contributed by atoms with E-state index in [1.807, 2.05) is 25.2 Å². The molecular weight excluding hydrogens is 374 g/mol. The number of likely N-dealkylation sites (N-methyl/N-ethyl adjacent to an activating group) is 1. The van der Waals surface area contributed by atoms with E-state index in [0.717, 1.165) is 61.2 Å². The van der Waals surface area contributed by atoms with Gasteiger partial charge in [0.15, 0.2) is 0 Å². The Hall–Kier alpha value is -2.64. The van der Waals surface area contributed by atoms with Crippen molar-refractivity contribution in [3.8, 4) is 0 Å². The van der Waals surface area contributed by atoms with Crippen LogP contribution in [0.1, 0.15) is 37.3 Å². The summed E-state index contributed by atoms with van der Waals surface area (Å²) in [5.41, 5.74) is 10.7. The second-order valence-electron chi connectivity index (χ2n) is 7.86. The number of likely N-dealkylation sites (tertiary alicyclic amines) is 1. The van der Waals surface area contributed by atoms with E-state index >= 15 is 0 Å². The monoisotopic (exact) mass is 409 g/mol. The van der Waals surface area contributed by atoms with Crippen LogP contribution < -0.4 is 16.4 Å². The van der Waals surface area contributed by atoms with E-state index in [9.17, 15) is 0 Å². The quantitative estimate of drug-likeness (QED) is 0.229. The summed E-state index contributed by atoms with van der Waals surface area (Å²) in [5, 5.41) is 14.3. The third-order valence-corrected chi connectivity index (χ3v) is 5.76. The van der Waals surface area contributed by atoms with Crippen LogP contribution in [0.15, 0.2) is 46.6 Å². The van der Waals surface area contributed by atoms with Crippen molar-refractivity contribution in [2.75, 3.05) is 45.8 Å². The van der Waals surface area contributed by atoms with Crippen LogP contribution in [0.4, 0.5) is 5.69 Å². The summed E-state index contributed by atoms with van der Waals surface area (Å²) in [7, 11) is 1.97. The van der Waals surface area contributed by atoms with Crippen LogP contribution in [0, 0.1) is 5.41 Å². The number of amidine groups is 1. The van der Waals surface area contributed by atoms with Gasteiger partial charge in [-0.2, -0.15) is 0 Å². The molecule has 3 rings (SSSR count). The molecule has 0 unspecified atom stereocenters. The van der Waals surface area contributed by atoms with E-state index in [2.05, 4.69) is 39.5 Å². The minimum atomic E-state index is 0.513. The Kier molecular flexibility index (Phi) is 8.04. The molecule has 162 valence electrons. The van der Waals surface area contributed by atoms with Gasteiger partial charge in [0.2, 0.25) is 0 Å². The number of rotatable bonds is 8. The average Bonchev–Trinajstić information content (AvgIpc) is 2.73. The first kappa shape index (κ1) is 22.1. The van der Waals surface area contributed by atoms with Crippen LogP contribution >= 0.6 is 0 Å². The molecule has 1 aromatic rings. The Labute approximate surface area is 180 Å². The minimum Gasteiger partial charge on any atom is -0.398 e. The molecule has 0 aliphatic carbocycles. The Morgan fingerprint density at radius 3 is 2.67 bits per heavy atom. The average molecular weight is 410 g/mol. The predicted molar refractivity (Wildman–Crippen MR) is 126 cm³/mol. The number of benzene rings is 1. The molecule has 1 aromatic carbocycles. The van der Waals surface area contributed by atoms with Crippen LogP contribution in [-0.2, 0) is 6.54 Å². The number of hydrogen-bond acceptors (Lipinski definition) is 6. The highest BCUT2D eigenvalue weighted by molar-refractivity contribution is 5.99. The Morgan fingerprint density at radius 1 is 1.27 bits per heavy atom. The van der Waals surface area contributed by atoms with Gasteiger partial charge in [0.25, 0.3) is 0 Å². The van der Waals surface area contributed by atoms with Gasteiger partial charge in [0.1, 0.15) is 5.84 Å². The minimum absolute atomic E-state index is 0.513. The number of anilines is 1. The number of nitrogens with one attached hydrogen (secondary N) is 3. The zero-order valence-corrected chi connectivity index (χ0v) is 18.2. The summed E-state index contributed by atoms with van der Waals surface area (Å²) in [6.07, 6.45) is 9.37. The van der Waals surface area contributed by atoms with E-state index < -0.39 is 0 Å². The third-order valence-electron chi connectivity index (χ3n) is 5.76. The Bertz CT molecular complexity index is 815. The maximum Gasteiger partial charge on any atom is 0.128 e. The van der Waals surface area contributed by atoms with Crippen molar-refractivity contribution >= 4 is 17.7 Å². The SMILES string of the molecule is CNC(/C=C/CN1CNC1)=C(C)\C(=N/Cc1cccc(N)c1C=N)N1CCCCC1. The van der Waals surface area contributed by atoms with Gasteiger partial charge in [-0.25, -0.2) is 0 Å². The van der Waals surface area contributed by atoms with Crippen molar-refractivity contribution in [3.05, 3.63) is 52.7 Å². The van der Waals surface area contributed by atoms with E-state index in [1.54, 1.807) is 0 Å². The molecule has 2 aliphatic rings. The van der Waals surface area contributed by atoms with Gasteiger partial charge in [0.05, 0.1) is 19.9 Å². The van der Waals surface area contributed by atoms with Crippen LogP contribution in [0.3, 0.4) is 0 Å². The van der Waals surface area contributed by atoms with E-state index in [-0.39, 0.29) is 0 Å². The van der Waals surface area contributed by atoms with Gasteiger partial charge >= 0.3 is 0 Å². The van der Waals surface area contributed by atoms with Gasteiger partial charge in [-0.15, -0.1) is 0 Å². The van der Waals surface area contributed by atoms with Gasteiger partial charge in [0, 0.05) is 55.4 Å². The normalized spacial score (nSPS) is 18.9. The highest BCUT2D eigenvalue weighted by Crippen LogP contribution is 2.19. The van der Waals surface area contributed by atoms with Crippen molar-refractivity contribution in [3.63, 3.8) is 0 Å². The van der Waals surface area contributed by atoms with Crippen molar-refractivity contribution in [2.24, 2.45) is 4.99 Å². The highest BCUT2D eigenvalue weighted by Gasteiger charge is 2.18. The predicted octanol–water partition coefficient (Wildman–Crippen LogP) is 2.52. The summed E-state index contributed by atoms with van der Waals surface area (Å²) >= 11 is 0. The smallest absolute Gasteiger partial charge is 0.128 e. The van der Waals surface area contributed by atoms with Gasteiger partial charge in [-0.3, -0.25) is 15.2 Å². The number of allylic oxidation sites excluding steroid dienone is 1. The van der Waals surface area contributed by atoms with Crippen LogP contribution in [0.5, 0.6) is 0 Å². The van der Waals surface area contributed by atoms with Crippen LogP contribution in [0.2, 0.25) is 0 Å². The first-order valence-electron chi connectivity index (χ1n) is 10.8. The van der Waals surface area contributed by atoms with Crippen molar-refractivity contribution in [2.45, 2.75) is 32.7 Å². The lowest BCUT2D eigenvalue weighted by molar-refractivity contribution is 0.157. The molecule has 0 saturated carbocycles. The van der Waals surface area contributed by atoms with Gasteiger partial charge < -0.3 is 21.4 Å². The fourth-order valence-electron chi connectivity index (χ4n) is 3.90. The first-order valence-corrected chi connectivity index (χ1v) is 10.8. The molecule has 7 nitrogen and oxygen atoms in total. The molecule has 2 heterocycles. The zero-order valence-electron chi connectivity index (χ0n) is 18.2. The Morgan fingerprint density at radius 2 is 2.03 bits per heavy atom. The van der Waals surface area contributed by atoms with E-state index in [0.29, 0.717) is 12.2 Å². The summed E-state index contributed by atoms with van der Waals surface area (Å²) < 4.78 is 0. The molecule has 2 aliphatic heterocycles. The molecular formula is C23H35N7. The summed E-state index contributed by atoms with van der Waals surface area (Å²) in [4.78, 5) is 9.77. The zero-order chi connectivity index (χ0) is 21.3. The fraction of sp³-hybridized carbons (Fsp3) is 0.478. The van der Waals surface area contributed by atoms with Crippen molar-refractivity contribution in [1.82, 2.24) is 20.4 Å². The topological polar surface area (TPSA) is 92.8 Å². The number of aliphatic imine (C=N–C) groups is 1. The molecule has 0 radical (unpaired) electrons. The molecule has 30 heavy (non-hydrogen) atoms. The van der Waals surface area contributed by atoms with E-state index in [1.165, 1.54) is 25.5 Å². The van der Waals surface area contributed by atoms with Gasteiger partial charge in [-0.05, 0) is 43.9 Å². The molecule has 0 amide bonds. The van der Waals surface area contributed by atoms with Crippen molar-refractivity contribution < 1.29 is 0 Å². The summed E-state index contributed by atoms with van der Waals surface area (Å²) in [6.45, 7) is 7.57. The number of hydrogen-bond donors (Lipinski definition) is 4. The van der Waals surface area contributed by atoms with E-state index in [4.69, 9.17) is 16.1 Å². The van der Waals surface area contributed by atoms with Crippen molar-refractivity contribution in [1.29, 1.82) is 5.41 Å². The lowest BCUT2D eigenvalue weighted by Gasteiger charge is -2.31.